The van der Waals surface area contributed by atoms with Gasteiger partial charge in [0.1, 0.15) is 5.82 Å². The lowest BCUT2D eigenvalue weighted by atomic mass is 10.4. The van der Waals surface area contributed by atoms with Crippen molar-refractivity contribution in [2.24, 2.45) is 5.84 Å². The van der Waals surface area contributed by atoms with Crippen LogP contribution >= 0.6 is 0 Å². The summed E-state index contributed by atoms with van der Waals surface area (Å²) in [5.74, 6) is 6.40. The van der Waals surface area contributed by atoms with E-state index in [-0.39, 0.29) is 0 Å². The third-order valence-corrected chi connectivity index (χ3v) is 1.59. The average molecular weight is 197 g/mol. The number of methoxy groups -OCH3 is 1. The van der Waals surface area contributed by atoms with Crippen molar-refractivity contribution < 1.29 is 4.74 Å². The fraction of sp³-hybridized carbons (Fsp3) is 0.500. The van der Waals surface area contributed by atoms with Crippen molar-refractivity contribution in [1.82, 2.24) is 9.97 Å². The number of aromatic nitrogens is 2. The van der Waals surface area contributed by atoms with Gasteiger partial charge in [0, 0.05) is 25.4 Å². The second-order valence-corrected chi connectivity index (χ2v) is 2.78. The Labute approximate surface area is 82.9 Å². The summed E-state index contributed by atoms with van der Waals surface area (Å²) >= 11 is 0. The molecule has 6 heteroatoms. The molecule has 0 fully saturated rings. The fourth-order valence-electron chi connectivity index (χ4n) is 0.986. The van der Waals surface area contributed by atoms with Gasteiger partial charge >= 0.3 is 0 Å². The Hall–Kier alpha value is -1.40. The average Bonchev–Trinajstić information content (AvgIpc) is 2.17. The molecular weight excluding hydrogens is 182 g/mol. The van der Waals surface area contributed by atoms with Gasteiger partial charge in [0.25, 0.3) is 0 Å². The van der Waals surface area contributed by atoms with Crippen molar-refractivity contribution >= 4 is 11.8 Å². The molecule has 4 N–H and O–H groups in total. The van der Waals surface area contributed by atoms with Crippen LogP contribution in [0.5, 0.6) is 0 Å². The van der Waals surface area contributed by atoms with E-state index < -0.39 is 0 Å². The third kappa shape index (κ3) is 3.15. The molecule has 78 valence electrons. The van der Waals surface area contributed by atoms with E-state index in [2.05, 4.69) is 20.7 Å². The molecule has 0 amide bonds. The zero-order valence-electron chi connectivity index (χ0n) is 8.37. The molecule has 0 radical (unpaired) electrons. The van der Waals surface area contributed by atoms with Crippen LogP contribution in [-0.4, -0.2) is 30.2 Å². The molecule has 0 spiro atoms. The summed E-state index contributed by atoms with van der Waals surface area (Å²) in [7, 11) is 1.64. The summed E-state index contributed by atoms with van der Waals surface area (Å²) in [5, 5.41) is 3.02. The maximum absolute atomic E-state index is 5.25. The van der Waals surface area contributed by atoms with Gasteiger partial charge in [-0.05, 0) is 6.92 Å². The Morgan fingerprint density at radius 1 is 1.50 bits per heavy atom. The summed E-state index contributed by atoms with van der Waals surface area (Å²) in [5.41, 5.74) is 3.33. The minimum absolute atomic E-state index is 0.551. The predicted octanol–water partition coefficient (Wildman–Crippen LogP) is 0.129. The predicted molar refractivity (Wildman–Crippen MR) is 54.9 cm³/mol. The molecule has 0 aliphatic carbocycles. The van der Waals surface area contributed by atoms with Gasteiger partial charge in [-0.1, -0.05) is 0 Å². The highest BCUT2D eigenvalue weighted by Crippen LogP contribution is 2.07. The number of hydrazine groups is 1. The van der Waals surface area contributed by atoms with E-state index in [9.17, 15) is 0 Å². The van der Waals surface area contributed by atoms with E-state index in [1.165, 1.54) is 0 Å². The third-order valence-electron chi connectivity index (χ3n) is 1.59. The van der Waals surface area contributed by atoms with Crippen molar-refractivity contribution in [2.75, 3.05) is 31.0 Å². The minimum Gasteiger partial charge on any atom is -0.383 e. The van der Waals surface area contributed by atoms with E-state index >= 15 is 0 Å². The van der Waals surface area contributed by atoms with Crippen LogP contribution in [0.1, 0.15) is 5.69 Å². The Morgan fingerprint density at radius 2 is 2.29 bits per heavy atom. The highest BCUT2D eigenvalue weighted by molar-refractivity contribution is 5.40. The lowest BCUT2D eigenvalue weighted by Gasteiger charge is -2.06. The standard InChI is InChI=1S/C8H15N5O/c1-6-5-7(13-9)12-8(11-6)10-3-4-14-2/h5H,3-4,9H2,1-2H3,(H2,10,11,12,13). The normalized spacial score (nSPS) is 9.93. The first-order valence-corrected chi connectivity index (χ1v) is 4.31. The van der Waals surface area contributed by atoms with Gasteiger partial charge in [-0.25, -0.2) is 10.8 Å². The number of hydrogen-bond donors (Lipinski definition) is 3. The highest BCUT2D eigenvalue weighted by atomic mass is 16.5. The van der Waals surface area contributed by atoms with Crippen molar-refractivity contribution in [3.63, 3.8) is 0 Å². The lowest BCUT2D eigenvalue weighted by molar-refractivity contribution is 0.210. The first-order valence-electron chi connectivity index (χ1n) is 4.31. The molecule has 0 aliphatic heterocycles. The molecule has 1 heterocycles. The number of rotatable bonds is 5. The van der Waals surface area contributed by atoms with E-state index in [0.29, 0.717) is 24.9 Å². The highest BCUT2D eigenvalue weighted by Gasteiger charge is 1.99. The zero-order chi connectivity index (χ0) is 10.4. The monoisotopic (exact) mass is 197 g/mol. The Morgan fingerprint density at radius 3 is 2.93 bits per heavy atom. The number of nitrogens with one attached hydrogen (secondary N) is 2. The van der Waals surface area contributed by atoms with Gasteiger partial charge in [-0.15, -0.1) is 0 Å². The number of anilines is 2. The summed E-state index contributed by atoms with van der Waals surface area (Å²) in [4.78, 5) is 8.29. The minimum atomic E-state index is 0.551. The molecule has 1 rings (SSSR count). The van der Waals surface area contributed by atoms with Crippen LogP contribution in [0, 0.1) is 6.92 Å². The van der Waals surface area contributed by atoms with Gasteiger partial charge in [0.2, 0.25) is 5.95 Å². The van der Waals surface area contributed by atoms with E-state index in [4.69, 9.17) is 10.6 Å². The van der Waals surface area contributed by atoms with Crippen molar-refractivity contribution in [1.29, 1.82) is 0 Å². The van der Waals surface area contributed by atoms with Crippen LogP contribution in [0.2, 0.25) is 0 Å². The molecule has 1 aromatic rings. The van der Waals surface area contributed by atoms with Crippen LogP contribution in [0.3, 0.4) is 0 Å². The van der Waals surface area contributed by atoms with Gasteiger partial charge in [0.05, 0.1) is 6.61 Å². The van der Waals surface area contributed by atoms with Crippen LogP contribution in [0.4, 0.5) is 11.8 Å². The molecule has 1 aromatic heterocycles. The molecule has 0 saturated heterocycles. The number of nitrogen functional groups attached to an aromatic ring is 1. The second-order valence-electron chi connectivity index (χ2n) is 2.78. The second kappa shape index (κ2) is 5.36. The first-order chi connectivity index (χ1) is 6.76. The summed E-state index contributed by atoms with van der Waals surface area (Å²) in [6.45, 7) is 3.16. The molecule has 0 atom stereocenters. The maximum Gasteiger partial charge on any atom is 0.224 e. The van der Waals surface area contributed by atoms with Gasteiger partial charge < -0.3 is 15.5 Å². The number of nitrogens with zero attached hydrogens (tertiary/aromatic N) is 2. The van der Waals surface area contributed by atoms with Crippen molar-refractivity contribution in [3.8, 4) is 0 Å². The number of ether oxygens (including phenoxy) is 1. The molecular formula is C8H15N5O. The van der Waals surface area contributed by atoms with Crippen molar-refractivity contribution in [3.05, 3.63) is 11.8 Å². The lowest BCUT2D eigenvalue weighted by Crippen LogP contribution is -2.14. The first kappa shape index (κ1) is 10.7. The zero-order valence-corrected chi connectivity index (χ0v) is 8.37. The van der Waals surface area contributed by atoms with Crippen LogP contribution < -0.4 is 16.6 Å². The van der Waals surface area contributed by atoms with E-state index in [1.807, 2.05) is 6.92 Å². The van der Waals surface area contributed by atoms with Crippen LogP contribution in [0.25, 0.3) is 0 Å². The van der Waals surface area contributed by atoms with Crippen LogP contribution in [0.15, 0.2) is 6.07 Å². The van der Waals surface area contributed by atoms with E-state index in [0.717, 1.165) is 5.69 Å². The Bertz CT molecular complexity index is 291. The quantitative estimate of drug-likeness (QED) is 0.353. The summed E-state index contributed by atoms with van der Waals surface area (Å²) in [6.07, 6.45) is 0. The smallest absolute Gasteiger partial charge is 0.224 e. The molecule has 0 aromatic carbocycles. The maximum atomic E-state index is 5.25. The summed E-state index contributed by atoms with van der Waals surface area (Å²) < 4.78 is 4.89. The number of hydrogen-bond acceptors (Lipinski definition) is 6. The van der Waals surface area contributed by atoms with Crippen molar-refractivity contribution in [2.45, 2.75) is 6.92 Å². The molecule has 0 unspecified atom stereocenters. The SMILES string of the molecule is COCCNc1nc(C)cc(NN)n1. The van der Waals surface area contributed by atoms with Crippen LogP contribution in [-0.2, 0) is 4.74 Å². The largest absolute Gasteiger partial charge is 0.383 e. The number of aryl methyl sites for hydroxylation is 1. The molecule has 14 heavy (non-hydrogen) atoms. The molecule has 6 nitrogen and oxygen atoms in total. The fourth-order valence-corrected chi connectivity index (χ4v) is 0.986. The molecule has 0 aliphatic rings. The topological polar surface area (TPSA) is 85.1 Å². The molecule has 0 bridgehead atoms. The summed E-state index contributed by atoms with van der Waals surface area (Å²) in [6, 6.07) is 1.77. The Balaban J connectivity index is 2.62. The number of nitrogens with two attached hydrogens (primary N) is 1. The van der Waals surface area contributed by atoms with Gasteiger partial charge in [-0.2, -0.15) is 4.98 Å². The van der Waals surface area contributed by atoms with Gasteiger partial charge in [0.15, 0.2) is 0 Å². The van der Waals surface area contributed by atoms with Gasteiger partial charge in [-0.3, -0.25) is 0 Å². The Kier molecular flexibility index (Phi) is 4.09. The molecule has 0 saturated carbocycles. The van der Waals surface area contributed by atoms with E-state index in [1.54, 1.807) is 13.2 Å².